The lowest BCUT2D eigenvalue weighted by Crippen LogP contribution is -2.24. The third-order valence-corrected chi connectivity index (χ3v) is 1.99. The van der Waals surface area contributed by atoms with Gasteiger partial charge in [0.1, 0.15) is 5.69 Å². The molecule has 0 saturated carbocycles. The fourth-order valence-corrected chi connectivity index (χ4v) is 1.38. The van der Waals surface area contributed by atoms with Crippen LogP contribution in [0.3, 0.4) is 0 Å². The second kappa shape index (κ2) is 4.77. The molecular formula is C10H11F5N2. The summed E-state index contributed by atoms with van der Waals surface area (Å²) in [5.41, 5.74) is 4.44. The van der Waals surface area contributed by atoms with Gasteiger partial charge in [-0.1, -0.05) is 0 Å². The van der Waals surface area contributed by atoms with Gasteiger partial charge in [-0.05, 0) is 19.1 Å². The molecule has 0 amide bonds. The summed E-state index contributed by atoms with van der Waals surface area (Å²) in [6, 6.07) is 0.542. The van der Waals surface area contributed by atoms with Crippen LogP contribution >= 0.6 is 0 Å². The van der Waals surface area contributed by atoms with E-state index in [1.54, 1.807) is 0 Å². The van der Waals surface area contributed by atoms with Gasteiger partial charge in [0, 0.05) is 11.7 Å². The van der Waals surface area contributed by atoms with Gasteiger partial charge in [0.15, 0.2) is 11.6 Å². The van der Waals surface area contributed by atoms with Crippen molar-refractivity contribution in [3.63, 3.8) is 0 Å². The van der Waals surface area contributed by atoms with E-state index < -0.39 is 36.0 Å². The van der Waals surface area contributed by atoms with Crippen LogP contribution in [0.2, 0.25) is 0 Å². The third kappa shape index (κ3) is 4.08. The Bertz CT molecular complexity index is 379. The SMILES string of the molecule is CC(CC(F)(F)F)Nc1c(F)cc(N)cc1F. The fraction of sp³-hybridized carbons (Fsp3) is 0.400. The van der Waals surface area contributed by atoms with Crippen molar-refractivity contribution in [3.05, 3.63) is 23.8 Å². The summed E-state index contributed by atoms with van der Waals surface area (Å²) in [6.45, 7) is 1.18. The molecule has 0 saturated heterocycles. The van der Waals surface area contributed by atoms with E-state index in [2.05, 4.69) is 5.32 Å². The van der Waals surface area contributed by atoms with Crippen molar-refractivity contribution in [2.45, 2.75) is 25.6 Å². The number of nitrogens with two attached hydrogens (primary N) is 1. The standard InChI is InChI=1S/C10H11F5N2/c1-5(4-10(13,14)15)17-9-7(11)2-6(16)3-8(9)12/h2-3,5,17H,4,16H2,1H3. The van der Waals surface area contributed by atoms with Gasteiger partial charge in [0.25, 0.3) is 0 Å². The van der Waals surface area contributed by atoms with Crippen molar-refractivity contribution >= 4 is 11.4 Å². The highest BCUT2D eigenvalue weighted by atomic mass is 19.4. The van der Waals surface area contributed by atoms with E-state index in [4.69, 9.17) is 5.73 Å². The number of nitrogens with one attached hydrogen (secondary N) is 1. The molecule has 0 aliphatic rings. The molecule has 0 fully saturated rings. The Kier molecular flexibility index (Phi) is 3.79. The van der Waals surface area contributed by atoms with Crippen LogP contribution in [0, 0.1) is 11.6 Å². The highest BCUT2D eigenvalue weighted by molar-refractivity contribution is 5.54. The van der Waals surface area contributed by atoms with Crippen molar-refractivity contribution < 1.29 is 22.0 Å². The minimum Gasteiger partial charge on any atom is -0.399 e. The van der Waals surface area contributed by atoms with E-state index in [9.17, 15) is 22.0 Å². The largest absolute Gasteiger partial charge is 0.399 e. The Hall–Kier alpha value is -1.53. The summed E-state index contributed by atoms with van der Waals surface area (Å²) in [5.74, 6) is -2.03. The van der Waals surface area contributed by atoms with E-state index in [0.717, 1.165) is 12.1 Å². The van der Waals surface area contributed by atoms with Gasteiger partial charge in [-0.25, -0.2) is 8.78 Å². The van der Waals surface area contributed by atoms with Crippen LogP contribution in [0.15, 0.2) is 12.1 Å². The lowest BCUT2D eigenvalue weighted by molar-refractivity contribution is -0.136. The van der Waals surface area contributed by atoms with Crippen LogP contribution in [-0.2, 0) is 0 Å². The molecule has 1 aromatic carbocycles. The summed E-state index contributed by atoms with van der Waals surface area (Å²) in [7, 11) is 0. The monoisotopic (exact) mass is 254 g/mol. The Morgan fingerprint density at radius 1 is 1.24 bits per heavy atom. The van der Waals surface area contributed by atoms with Crippen LogP contribution < -0.4 is 11.1 Å². The van der Waals surface area contributed by atoms with E-state index in [1.807, 2.05) is 0 Å². The number of hydrogen-bond donors (Lipinski definition) is 2. The molecule has 2 nitrogen and oxygen atoms in total. The van der Waals surface area contributed by atoms with Gasteiger partial charge in [0.05, 0.1) is 6.42 Å². The van der Waals surface area contributed by atoms with Crippen LogP contribution in [-0.4, -0.2) is 12.2 Å². The molecule has 0 aromatic heterocycles. The Morgan fingerprint density at radius 3 is 2.12 bits per heavy atom. The van der Waals surface area contributed by atoms with Crippen LogP contribution in [0.4, 0.5) is 33.3 Å². The van der Waals surface area contributed by atoms with Crippen LogP contribution in [0.1, 0.15) is 13.3 Å². The molecule has 0 bridgehead atoms. The zero-order valence-electron chi connectivity index (χ0n) is 8.91. The maximum absolute atomic E-state index is 13.2. The van der Waals surface area contributed by atoms with Gasteiger partial charge >= 0.3 is 6.18 Å². The second-order valence-corrected chi connectivity index (χ2v) is 3.72. The summed E-state index contributed by atoms with van der Waals surface area (Å²) < 4.78 is 62.6. The summed E-state index contributed by atoms with van der Waals surface area (Å²) in [5, 5.41) is 2.14. The topological polar surface area (TPSA) is 38.0 Å². The Morgan fingerprint density at radius 2 is 1.71 bits per heavy atom. The van der Waals surface area contributed by atoms with Crippen molar-refractivity contribution in [1.29, 1.82) is 0 Å². The molecule has 0 radical (unpaired) electrons. The molecular weight excluding hydrogens is 243 g/mol. The number of benzene rings is 1. The van der Waals surface area contributed by atoms with Gasteiger partial charge in [-0.2, -0.15) is 13.2 Å². The van der Waals surface area contributed by atoms with Crippen LogP contribution in [0.5, 0.6) is 0 Å². The highest BCUT2D eigenvalue weighted by Crippen LogP contribution is 2.26. The number of rotatable bonds is 3. The van der Waals surface area contributed by atoms with Gasteiger partial charge in [-0.3, -0.25) is 0 Å². The van der Waals surface area contributed by atoms with E-state index in [0.29, 0.717) is 0 Å². The number of alkyl halides is 3. The molecule has 1 rings (SSSR count). The third-order valence-electron chi connectivity index (χ3n) is 1.99. The average Bonchev–Trinajstić information content (AvgIpc) is 2.08. The molecule has 1 aromatic rings. The maximum atomic E-state index is 13.2. The van der Waals surface area contributed by atoms with Gasteiger partial charge < -0.3 is 11.1 Å². The molecule has 1 atom stereocenters. The Labute approximate surface area is 94.6 Å². The predicted octanol–water partition coefficient (Wildman–Crippen LogP) is 3.30. The second-order valence-electron chi connectivity index (χ2n) is 3.72. The predicted molar refractivity (Wildman–Crippen MR) is 54.5 cm³/mol. The van der Waals surface area contributed by atoms with Crippen molar-refractivity contribution in [2.75, 3.05) is 11.1 Å². The minimum absolute atomic E-state index is 0.131. The smallest absolute Gasteiger partial charge is 0.391 e. The first-order valence-electron chi connectivity index (χ1n) is 4.77. The lowest BCUT2D eigenvalue weighted by atomic mass is 10.2. The number of halogens is 5. The summed E-state index contributed by atoms with van der Waals surface area (Å²) in [6.07, 6.45) is -5.58. The van der Waals surface area contributed by atoms with Crippen molar-refractivity contribution in [2.24, 2.45) is 0 Å². The first kappa shape index (κ1) is 13.5. The van der Waals surface area contributed by atoms with E-state index in [-0.39, 0.29) is 5.69 Å². The number of nitrogen functional groups attached to an aromatic ring is 1. The summed E-state index contributed by atoms with van der Waals surface area (Å²) in [4.78, 5) is 0. The van der Waals surface area contributed by atoms with E-state index in [1.165, 1.54) is 6.92 Å². The van der Waals surface area contributed by atoms with Crippen molar-refractivity contribution in [3.8, 4) is 0 Å². The van der Waals surface area contributed by atoms with Gasteiger partial charge in [0.2, 0.25) is 0 Å². The normalized spacial score (nSPS) is 13.5. The highest BCUT2D eigenvalue weighted by Gasteiger charge is 2.30. The Balaban J connectivity index is 2.82. The molecule has 0 aliphatic carbocycles. The summed E-state index contributed by atoms with van der Waals surface area (Å²) >= 11 is 0. The molecule has 0 aliphatic heterocycles. The molecule has 17 heavy (non-hydrogen) atoms. The van der Waals surface area contributed by atoms with Gasteiger partial charge in [-0.15, -0.1) is 0 Å². The van der Waals surface area contributed by atoms with Crippen LogP contribution in [0.25, 0.3) is 0 Å². The molecule has 0 heterocycles. The number of anilines is 2. The average molecular weight is 254 g/mol. The zero-order valence-corrected chi connectivity index (χ0v) is 8.91. The minimum atomic E-state index is -4.40. The maximum Gasteiger partial charge on any atom is 0.391 e. The zero-order chi connectivity index (χ0) is 13.2. The molecule has 0 spiro atoms. The molecule has 3 N–H and O–H groups in total. The first-order chi connectivity index (χ1) is 7.69. The lowest BCUT2D eigenvalue weighted by Gasteiger charge is -2.18. The van der Waals surface area contributed by atoms with E-state index >= 15 is 0 Å². The fourth-order valence-electron chi connectivity index (χ4n) is 1.38. The first-order valence-corrected chi connectivity index (χ1v) is 4.77. The number of hydrogen-bond acceptors (Lipinski definition) is 2. The molecule has 1 unspecified atom stereocenters. The molecule has 96 valence electrons. The molecule has 7 heteroatoms. The quantitative estimate of drug-likeness (QED) is 0.641. The van der Waals surface area contributed by atoms with Crippen molar-refractivity contribution in [1.82, 2.24) is 0 Å².